The van der Waals surface area contributed by atoms with Crippen molar-refractivity contribution in [2.75, 3.05) is 0 Å². The zero-order chi connectivity index (χ0) is 13.6. The van der Waals surface area contributed by atoms with Crippen molar-refractivity contribution in [1.29, 1.82) is 0 Å². The third kappa shape index (κ3) is 2.26. The summed E-state index contributed by atoms with van der Waals surface area (Å²) in [5.41, 5.74) is 5.77. The second-order valence-corrected chi connectivity index (χ2v) is 6.37. The highest BCUT2D eigenvalue weighted by atomic mass is 35.5. The van der Waals surface area contributed by atoms with E-state index in [0.717, 1.165) is 21.1 Å². The summed E-state index contributed by atoms with van der Waals surface area (Å²) in [6.07, 6.45) is 0. The Kier molecular flexibility index (Phi) is 3.08. The van der Waals surface area contributed by atoms with Crippen molar-refractivity contribution in [2.45, 2.75) is 20.8 Å². The molecule has 0 saturated heterocycles. The summed E-state index contributed by atoms with van der Waals surface area (Å²) >= 11 is 8.03. The van der Waals surface area contributed by atoms with Crippen LogP contribution in [0.25, 0.3) is 20.8 Å². The Hall–Kier alpha value is -1.38. The maximum Gasteiger partial charge on any atom is 0.126 e. The van der Waals surface area contributed by atoms with Gasteiger partial charge in [0.2, 0.25) is 0 Å². The predicted molar refractivity (Wildman–Crippen MR) is 84.3 cm³/mol. The highest BCUT2D eigenvalue weighted by molar-refractivity contribution is 7.21. The smallest absolute Gasteiger partial charge is 0.126 e. The molecule has 0 N–H and O–H groups in total. The molecule has 2 aromatic carbocycles. The molecule has 0 unspecified atom stereocenters. The number of halogens is 1. The van der Waals surface area contributed by atoms with Crippen LogP contribution >= 0.6 is 22.9 Å². The van der Waals surface area contributed by atoms with E-state index in [9.17, 15) is 0 Å². The van der Waals surface area contributed by atoms with E-state index in [1.165, 1.54) is 21.4 Å². The first-order valence-corrected chi connectivity index (χ1v) is 7.38. The minimum atomic E-state index is 0.772. The van der Waals surface area contributed by atoms with Gasteiger partial charge in [0.1, 0.15) is 5.01 Å². The van der Waals surface area contributed by atoms with Crippen LogP contribution in [0.2, 0.25) is 5.02 Å². The third-order valence-electron chi connectivity index (χ3n) is 3.18. The Labute approximate surface area is 121 Å². The van der Waals surface area contributed by atoms with Gasteiger partial charge in [-0.25, -0.2) is 4.98 Å². The zero-order valence-electron chi connectivity index (χ0n) is 11.1. The van der Waals surface area contributed by atoms with Gasteiger partial charge in [-0.15, -0.1) is 11.3 Å². The average Bonchev–Trinajstić information content (AvgIpc) is 2.72. The van der Waals surface area contributed by atoms with Crippen LogP contribution in [0, 0.1) is 20.8 Å². The number of hydrogen-bond donors (Lipinski definition) is 0. The Morgan fingerprint density at radius 2 is 1.79 bits per heavy atom. The van der Waals surface area contributed by atoms with Crippen LogP contribution in [-0.2, 0) is 0 Å². The van der Waals surface area contributed by atoms with Crippen molar-refractivity contribution in [2.24, 2.45) is 0 Å². The Bertz CT molecular complexity index is 774. The molecule has 0 aliphatic heterocycles. The van der Waals surface area contributed by atoms with E-state index in [1.54, 1.807) is 11.3 Å². The molecule has 0 saturated carbocycles. The molecular formula is C16H14ClNS. The lowest BCUT2D eigenvalue weighted by Gasteiger charge is -2.00. The summed E-state index contributed by atoms with van der Waals surface area (Å²) in [5.74, 6) is 0. The van der Waals surface area contributed by atoms with Gasteiger partial charge in [0.05, 0.1) is 15.2 Å². The first-order valence-electron chi connectivity index (χ1n) is 6.19. The first-order chi connectivity index (χ1) is 9.04. The van der Waals surface area contributed by atoms with Crippen LogP contribution in [-0.4, -0.2) is 4.98 Å². The maximum absolute atomic E-state index is 6.33. The molecule has 3 heteroatoms. The standard InChI is InChI=1S/C16H14ClNS/c1-9-4-5-12(13(17)7-9)16-18-15-11(3)6-10(2)8-14(15)19-16/h4-8H,1-3H3. The van der Waals surface area contributed by atoms with E-state index in [2.05, 4.69) is 38.1 Å². The fourth-order valence-corrected chi connectivity index (χ4v) is 3.84. The molecule has 0 amide bonds. The van der Waals surface area contributed by atoms with Crippen molar-refractivity contribution in [3.8, 4) is 10.6 Å². The van der Waals surface area contributed by atoms with Gasteiger partial charge in [-0.3, -0.25) is 0 Å². The lowest BCUT2D eigenvalue weighted by molar-refractivity contribution is 1.38. The van der Waals surface area contributed by atoms with Crippen molar-refractivity contribution in [1.82, 2.24) is 4.98 Å². The molecule has 0 aliphatic carbocycles. The molecular weight excluding hydrogens is 274 g/mol. The SMILES string of the molecule is Cc1ccc(-c2nc3c(C)cc(C)cc3s2)c(Cl)c1. The topological polar surface area (TPSA) is 12.9 Å². The quantitative estimate of drug-likeness (QED) is 0.572. The van der Waals surface area contributed by atoms with Crippen molar-refractivity contribution < 1.29 is 0 Å². The van der Waals surface area contributed by atoms with Crippen molar-refractivity contribution in [3.63, 3.8) is 0 Å². The molecule has 0 bridgehead atoms. The molecule has 0 atom stereocenters. The van der Waals surface area contributed by atoms with E-state index < -0.39 is 0 Å². The molecule has 1 nitrogen and oxygen atoms in total. The first kappa shape index (κ1) is 12.6. The number of hydrogen-bond acceptors (Lipinski definition) is 2. The van der Waals surface area contributed by atoms with E-state index in [4.69, 9.17) is 16.6 Å². The number of fused-ring (bicyclic) bond motifs is 1. The number of aromatic nitrogens is 1. The summed E-state index contributed by atoms with van der Waals surface area (Å²) < 4.78 is 1.23. The maximum atomic E-state index is 6.33. The fraction of sp³-hybridized carbons (Fsp3) is 0.188. The number of nitrogens with zero attached hydrogens (tertiary/aromatic N) is 1. The van der Waals surface area contributed by atoms with Gasteiger partial charge in [0.25, 0.3) is 0 Å². The molecule has 0 fully saturated rings. The third-order valence-corrected chi connectivity index (χ3v) is 4.53. The van der Waals surface area contributed by atoms with E-state index in [0.29, 0.717) is 0 Å². The molecule has 0 radical (unpaired) electrons. The molecule has 19 heavy (non-hydrogen) atoms. The van der Waals surface area contributed by atoms with Gasteiger partial charge in [0, 0.05) is 5.56 Å². The fourth-order valence-electron chi connectivity index (χ4n) is 2.28. The van der Waals surface area contributed by atoms with Crippen LogP contribution < -0.4 is 0 Å². The number of thiazole rings is 1. The molecule has 3 rings (SSSR count). The lowest BCUT2D eigenvalue weighted by Crippen LogP contribution is -1.81. The highest BCUT2D eigenvalue weighted by Gasteiger charge is 2.11. The molecule has 0 spiro atoms. The van der Waals surface area contributed by atoms with Gasteiger partial charge < -0.3 is 0 Å². The summed E-state index contributed by atoms with van der Waals surface area (Å²) in [6, 6.07) is 10.5. The second kappa shape index (κ2) is 4.62. The van der Waals surface area contributed by atoms with Gasteiger partial charge in [-0.2, -0.15) is 0 Å². The number of rotatable bonds is 1. The van der Waals surface area contributed by atoms with Gasteiger partial charge in [0.15, 0.2) is 0 Å². The Morgan fingerprint density at radius 3 is 2.53 bits per heavy atom. The molecule has 1 aromatic heterocycles. The predicted octanol–water partition coefficient (Wildman–Crippen LogP) is 5.54. The second-order valence-electron chi connectivity index (χ2n) is 4.93. The van der Waals surface area contributed by atoms with E-state index in [1.807, 2.05) is 13.0 Å². The summed E-state index contributed by atoms with van der Waals surface area (Å²) in [5, 5.41) is 1.77. The van der Waals surface area contributed by atoms with E-state index >= 15 is 0 Å². The van der Waals surface area contributed by atoms with Crippen LogP contribution in [0.4, 0.5) is 0 Å². The lowest BCUT2D eigenvalue weighted by atomic mass is 10.1. The Morgan fingerprint density at radius 1 is 1.00 bits per heavy atom. The van der Waals surface area contributed by atoms with Crippen LogP contribution in [0.5, 0.6) is 0 Å². The van der Waals surface area contributed by atoms with E-state index in [-0.39, 0.29) is 0 Å². The number of aryl methyl sites for hydroxylation is 3. The van der Waals surface area contributed by atoms with Crippen molar-refractivity contribution >= 4 is 33.2 Å². The van der Waals surface area contributed by atoms with Crippen LogP contribution in [0.3, 0.4) is 0 Å². The van der Waals surface area contributed by atoms with Crippen LogP contribution in [0.1, 0.15) is 16.7 Å². The molecule has 3 aromatic rings. The van der Waals surface area contributed by atoms with Gasteiger partial charge in [-0.05, 0) is 49.6 Å². The monoisotopic (exact) mass is 287 g/mol. The zero-order valence-corrected chi connectivity index (χ0v) is 12.7. The number of benzene rings is 2. The molecule has 96 valence electrons. The highest BCUT2D eigenvalue weighted by Crippen LogP contribution is 2.36. The van der Waals surface area contributed by atoms with Crippen molar-refractivity contribution in [3.05, 3.63) is 52.0 Å². The average molecular weight is 288 g/mol. The Balaban J connectivity index is 2.23. The molecule has 0 aliphatic rings. The van der Waals surface area contributed by atoms with Crippen LogP contribution in [0.15, 0.2) is 30.3 Å². The molecule has 1 heterocycles. The minimum absolute atomic E-state index is 0.772. The minimum Gasteiger partial charge on any atom is -0.236 e. The summed E-state index contributed by atoms with van der Waals surface area (Å²) in [4.78, 5) is 4.75. The summed E-state index contributed by atoms with van der Waals surface area (Å²) in [6.45, 7) is 6.27. The summed E-state index contributed by atoms with van der Waals surface area (Å²) in [7, 11) is 0. The van der Waals surface area contributed by atoms with Gasteiger partial charge in [-0.1, -0.05) is 29.8 Å². The normalized spacial score (nSPS) is 11.2. The largest absolute Gasteiger partial charge is 0.236 e. The van der Waals surface area contributed by atoms with Gasteiger partial charge >= 0.3 is 0 Å².